The predicted octanol–water partition coefficient (Wildman–Crippen LogP) is 5.29. The van der Waals surface area contributed by atoms with Crippen LogP contribution in [0.25, 0.3) is 0 Å². The Morgan fingerprint density at radius 2 is 1.41 bits per heavy atom. The molecule has 1 atom stereocenters. The lowest BCUT2D eigenvalue weighted by Gasteiger charge is -2.31. The van der Waals surface area contributed by atoms with Crippen molar-refractivity contribution in [3.05, 3.63) is 107 Å². The van der Waals surface area contributed by atoms with Gasteiger partial charge in [-0.25, -0.2) is 0 Å². The van der Waals surface area contributed by atoms with Crippen LogP contribution in [0, 0.1) is 13.8 Å². The van der Waals surface area contributed by atoms with Crippen LogP contribution in [0.1, 0.15) is 38.8 Å². The molecule has 138 valence electrons. The van der Waals surface area contributed by atoms with Crippen molar-refractivity contribution in [1.29, 1.82) is 0 Å². The minimum absolute atomic E-state index is 0.0497. The first-order chi connectivity index (χ1) is 13.1. The lowest BCUT2D eigenvalue weighted by molar-refractivity contribution is -0.0266. The van der Waals surface area contributed by atoms with Gasteiger partial charge in [0.25, 0.3) is 5.91 Å². The Morgan fingerprint density at radius 1 is 0.852 bits per heavy atom. The van der Waals surface area contributed by atoms with E-state index in [9.17, 15) is 4.79 Å². The summed E-state index contributed by atoms with van der Waals surface area (Å²) >= 11 is 0. The molecule has 3 aromatic rings. The lowest BCUT2D eigenvalue weighted by Crippen LogP contribution is -2.35. The van der Waals surface area contributed by atoms with Crippen molar-refractivity contribution >= 4 is 5.91 Å². The number of benzene rings is 3. The van der Waals surface area contributed by atoms with Gasteiger partial charge in [0.05, 0.1) is 0 Å². The number of amides is 1. The maximum absolute atomic E-state index is 13.3. The topological polar surface area (TPSA) is 29.5 Å². The molecule has 0 heterocycles. The molecule has 0 bridgehead atoms. The number of ether oxygens (including phenoxy) is 1. The number of nitrogens with zero attached hydrogens (tertiary/aromatic N) is 1. The molecular weight excluding hydrogens is 334 g/mol. The second-order valence-corrected chi connectivity index (χ2v) is 6.78. The maximum Gasteiger partial charge on any atom is 0.256 e. The lowest BCUT2D eigenvalue weighted by atomic mass is 10.1. The fourth-order valence-corrected chi connectivity index (χ4v) is 3.08. The van der Waals surface area contributed by atoms with Crippen LogP contribution in [-0.2, 0) is 11.3 Å². The van der Waals surface area contributed by atoms with Crippen molar-refractivity contribution in [1.82, 2.24) is 4.90 Å². The molecule has 0 saturated heterocycles. The Hall–Kier alpha value is -2.91. The van der Waals surface area contributed by atoms with E-state index >= 15 is 0 Å². The molecule has 1 unspecified atom stereocenters. The molecule has 3 aromatic carbocycles. The van der Waals surface area contributed by atoms with E-state index in [1.807, 2.05) is 92.7 Å². The van der Waals surface area contributed by atoms with Gasteiger partial charge in [0.1, 0.15) is 0 Å². The van der Waals surface area contributed by atoms with Gasteiger partial charge in [0.15, 0.2) is 6.23 Å². The molecule has 0 aromatic heterocycles. The van der Waals surface area contributed by atoms with E-state index in [1.165, 1.54) is 5.56 Å². The highest BCUT2D eigenvalue weighted by atomic mass is 16.5. The Labute approximate surface area is 161 Å². The van der Waals surface area contributed by atoms with Gasteiger partial charge < -0.3 is 9.64 Å². The summed E-state index contributed by atoms with van der Waals surface area (Å²) in [5.41, 5.74) is 4.98. The quantitative estimate of drug-likeness (QED) is 0.560. The molecule has 3 heteroatoms. The fraction of sp³-hybridized carbons (Fsp3) is 0.208. The van der Waals surface area contributed by atoms with E-state index in [-0.39, 0.29) is 5.91 Å². The standard InChI is InChI=1S/C24H25NO2/c1-18-9-13-21(14-10-18)23(26)25(17-20-7-5-4-6-8-20)24(27-3)22-15-11-19(2)12-16-22/h4-16,24H,17H2,1-3H3. The van der Waals surface area contributed by atoms with Gasteiger partial charge >= 0.3 is 0 Å². The van der Waals surface area contributed by atoms with Crippen molar-refractivity contribution in [3.63, 3.8) is 0 Å². The maximum atomic E-state index is 13.3. The zero-order valence-corrected chi connectivity index (χ0v) is 16.1. The summed E-state index contributed by atoms with van der Waals surface area (Å²) in [4.78, 5) is 15.1. The van der Waals surface area contributed by atoms with Crippen LogP contribution in [-0.4, -0.2) is 17.9 Å². The number of rotatable bonds is 6. The first-order valence-corrected chi connectivity index (χ1v) is 9.09. The zero-order chi connectivity index (χ0) is 19.2. The van der Waals surface area contributed by atoms with E-state index in [4.69, 9.17) is 4.74 Å². The normalized spacial score (nSPS) is 11.8. The van der Waals surface area contributed by atoms with E-state index < -0.39 is 6.23 Å². The largest absolute Gasteiger partial charge is 0.357 e. The third-order valence-corrected chi connectivity index (χ3v) is 4.62. The number of carbonyl (C=O) groups is 1. The van der Waals surface area contributed by atoms with Crippen molar-refractivity contribution < 1.29 is 9.53 Å². The summed E-state index contributed by atoms with van der Waals surface area (Å²) in [5, 5.41) is 0. The summed E-state index contributed by atoms with van der Waals surface area (Å²) in [6.45, 7) is 4.53. The molecule has 27 heavy (non-hydrogen) atoms. The molecule has 0 fully saturated rings. The minimum atomic E-state index is -0.459. The van der Waals surface area contributed by atoms with Crippen LogP contribution in [0.2, 0.25) is 0 Å². The smallest absolute Gasteiger partial charge is 0.256 e. The predicted molar refractivity (Wildman–Crippen MR) is 108 cm³/mol. The number of carbonyl (C=O) groups excluding carboxylic acids is 1. The van der Waals surface area contributed by atoms with E-state index in [2.05, 4.69) is 0 Å². The van der Waals surface area contributed by atoms with Crippen LogP contribution in [0.5, 0.6) is 0 Å². The number of hydrogen-bond donors (Lipinski definition) is 0. The molecular formula is C24H25NO2. The molecule has 0 saturated carbocycles. The average molecular weight is 359 g/mol. The SMILES string of the molecule is COC(c1ccc(C)cc1)N(Cc1ccccc1)C(=O)c1ccc(C)cc1. The summed E-state index contributed by atoms with van der Waals surface area (Å²) in [5.74, 6) is -0.0497. The van der Waals surface area contributed by atoms with Gasteiger partial charge in [-0.3, -0.25) is 4.79 Å². The van der Waals surface area contributed by atoms with Crippen LogP contribution in [0.15, 0.2) is 78.9 Å². The number of hydrogen-bond acceptors (Lipinski definition) is 2. The van der Waals surface area contributed by atoms with E-state index in [0.29, 0.717) is 12.1 Å². The Kier molecular flexibility index (Phi) is 6.05. The molecule has 3 rings (SSSR count). The highest BCUT2D eigenvalue weighted by molar-refractivity contribution is 5.94. The molecule has 3 nitrogen and oxygen atoms in total. The van der Waals surface area contributed by atoms with Gasteiger partial charge in [0.2, 0.25) is 0 Å². The first-order valence-electron chi connectivity index (χ1n) is 9.09. The second kappa shape index (κ2) is 8.65. The molecule has 1 amide bonds. The van der Waals surface area contributed by atoms with E-state index in [0.717, 1.165) is 16.7 Å². The van der Waals surface area contributed by atoms with Crippen LogP contribution >= 0.6 is 0 Å². The van der Waals surface area contributed by atoms with Crippen molar-refractivity contribution in [3.8, 4) is 0 Å². The summed E-state index contributed by atoms with van der Waals surface area (Å²) in [6.07, 6.45) is -0.459. The first kappa shape index (κ1) is 18.9. The van der Waals surface area contributed by atoms with Crippen LogP contribution < -0.4 is 0 Å². The average Bonchev–Trinajstić information content (AvgIpc) is 2.70. The molecule has 0 radical (unpaired) electrons. The fourth-order valence-electron chi connectivity index (χ4n) is 3.08. The Morgan fingerprint density at radius 3 is 1.96 bits per heavy atom. The molecule has 0 aliphatic rings. The third kappa shape index (κ3) is 4.63. The van der Waals surface area contributed by atoms with Crippen LogP contribution in [0.4, 0.5) is 0 Å². The Bertz CT molecular complexity index is 871. The molecule has 0 aliphatic heterocycles. The molecule has 0 aliphatic carbocycles. The highest BCUT2D eigenvalue weighted by Crippen LogP contribution is 2.26. The Balaban J connectivity index is 1.98. The summed E-state index contributed by atoms with van der Waals surface area (Å²) < 4.78 is 5.78. The molecule has 0 N–H and O–H groups in total. The number of aryl methyl sites for hydroxylation is 2. The number of methoxy groups -OCH3 is 1. The zero-order valence-electron chi connectivity index (χ0n) is 16.1. The minimum Gasteiger partial charge on any atom is -0.357 e. The van der Waals surface area contributed by atoms with Crippen molar-refractivity contribution in [2.24, 2.45) is 0 Å². The molecule has 0 spiro atoms. The van der Waals surface area contributed by atoms with E-state index in [1.54, 1.807) is 12.0 Å². The van der Waals surface area contributed by atoms with Gasteiger partial charge in [-0.05, 0) is 31.5 Å². The van der Waals surface area contributed by atoms with Gasteiger partial charge in [-0.1, -0.05) is 77.9 Å². The summed E-state index contributed by atoms with van der Waals surface area (Å²) in [7, 11) is 1.64. The van der Waals surface area contributed by atoms with Gasteiger partial charge in [0, 0.05) is 24.8 Å². The monoisotopic (exact) mass is 359 g/mol. The highest BCUT2D eigenvalue weighted by Gasteiger charge is 2.26. The van der Waals surface area contributed by atoms with Crippen molar-refractivity contribution in [2.75, 3.05) is 7.11 Å². The van der Waals surface area contributed by atoms with Gasteiger partial charge in [-0.2, -0.15) is 0 Å². The van der Waals surface area contributed by atoms with Gasteiger partial charge in [-0.15, -0.1) is 0 Å². The summed E-state index contributed by atoms with van der Waals surface area (Å²) in [6, 6.07) is 25.8. The second-order valence-electron chi connectivity index (χ2n) is 6.78. The van der Waals surface area contributed by atoms with Crippen molar-refractivity contribution in [2.45, 2.75) is 26.6 Å². The van der Waals surface area contributed by atoms with Crippen LogP contribution in [0.3, 0.4) is 0 Å². The third-order valence-electron chi connectivity index (χ3n) is 4.62.